The van der Waals surface area contributed by atoms with E-state index in [4.69, 9.17) is 0 Å². The van der Waals surface area contributed by atoms with E-state index in [1.54, 1.807) is 0 Å². The van der Waals surface area contributed by atoms with E-state index in [1.165, 1.54) is 28.2 Å². The summed E-state index contributed by atoms with van der Waals surface area (Å²) in [6, 6.07) is 40.7. The highest BCUT2D eigenvalue weighted by Crippen LogP contribution is 2.34. The van der Waals surface area contributed by atoms with Gasteiger partial charge in [0, 0.05) is 17.1 Å². The van der Waals surface area contributed by atoms with Gasteiger partial charge in [0.1, 0.15) is 0 Å². The molecule has 1 nitrogen and oxygen atoms in total. The molecular weight excluding hydrogens is 326 g/mol. The standard InChI is InChI=1S/C26H23N/c1-4-10-22(11-5-1)16-17-23-18-20-26(21-19-23)27(24-12-6-2-7-13-24)25-14-8-3-9-15-25/h1-15,18-21H,16-17H2. The number of aryl methyl sites for hydroxylation is 2. The molecule has 4 rings (SSSR count). The number of benzene rings is 4. The van der Waals surface area contributed by atoms with Gasteiger partial charge in [-0.1, -0.05) is 78.9 Å². The lowest BCUT2D eigenvalue weighted by Gasteiger charge is -2.25. The van der Waals surface area contributed by atoms with Crippen molar-refractivity contribution in [1.29, 1.82) is 0 Å². The van der Waals surface area contributed by atoms with E-state index < -0.39 is 0 Å². The maximum atomic E-state index is 2.29. The van der Waals surface area contributed by atoms with E-state index >= 15 is 0 Å². The Labute approximate surface area is 161 Å². The molecule has 0 saturated carbocycles. The molecule has 27 heavy (non-hydrogen) atoms. The first kappa shape index (κ1) is 17.1. The molecule has 1 heteroatoms. The number of nitrogens with zero attached hydrogens (tertiary/aromatic N) is 1. The van der Waals surface area contributed by atoms with Crippen LogP contribution in [-0.2, 0) is 12.8 Å². The molecule has 0 amide bonds. The van der Waals surface area contributed by atoms with E-state index in [0.717, 1.165) is 12.8 Å². The van der Waals surface area contributed by atoms with Gasteiger partial charge in [-0.15, -0.1) is 0 Å². The summed E-state index contributed by atoms with van der Waals surface area (Å²) in [7, 11) is 0. The average Bonchev–Trinajstić information content (AvgIpc) is 2.76. The van der Waals surface area contributed by atoms with Crippen LogP contribution in [0.3, 0.4) is 0 Å². The predicted molar refractivity (Wildman–Crippen MR) is 115 cm³/mol. The summed E-state index contributed by atoms with van der Waals surface area (Å²) < 4.78 is 0. The molecule has 0 fully saturated rings. The molecule has 0 aliphatic heterocycles. The average molecular weight is 349 g/mol. The zero-order valence-electron chi connectivity index (χ0n) is 15.3. The molecule has 0 atom stereocenters. The largest absolute Gasteiger partial charge is 0.311 e. The summed E-state index contributed by atoms with van der Waals surface area (Å²) in [5.74, 6) is 0. The minimum Gasteiger partial charge on any atom is -0.311 e. The van der Waals surface area contributed by atoms with Crippen molar-refractivity contribution in [3.8, 4) is 0 Å². The third kappa shape index (κ3) is 4.27. The number of rotatable bonds is 6. The molecule has 4 aromatic rings. The molecule has 0 aliphatic carbocycles. The van der Waals surface area contributed by atoms with Crippen molar-refractivity contribution in [3.05, 3.63) is 126 Å². The molecule has 0 heterocycles. The monoisotopic (exact) mass is 349 g/mol. The predicted octanol–water partition coefficient (Wildman–Crippen LogP) is 6.94. The third-order valence-corrected chi connectivity index (χ3v) is 4.77. The Balaban J connectivity index is 1.58. The van der Waals surface area contributed by atoms with Gasteiger partial charge in [-0.05, 0) is 60.4 Å². The highest BCUT2D eigenvalue weighted by atomic mass is 15.1. The smallest absolute Gasteiger partial charge is 0.0461 e. The zero-order valence-corrected chi connectivity index (χ0v) is 15.3. The van der Waals surface area contributed by atoms with Crippen molar-refractivity contribution in [3.63, 3.8) is 0 Å². The topological polar surface area (TPSA) is 3.24 Å². The SMILES string of the molecule is c1ccc(CCc2ccc(N(c3ccccc3)c3ccccc3)cc2)cc1. The molecule has 0 unspecified atom stereocenters. The molecule has 0 N–H and O–H groups in total. The Morgan fingerprint density at radius 3 is 1.22 bits per heavy atom. The van der Waals surface area contributed by atoms with Crippen molar-refractivity contribution < 1.29 is 0 Å². The first-order valence-corrected chi connectivity index (χ1v) is 9.43. The molecule has 132 valence electrons. The van der Waals surface area contributed by atoms with Gasteiger partial charge in [0.25, 0.3) is 0 Å². The van der Waals surface area contributed by atoms with Crippen molar-refractivity contribution in [2.75, 3.05) is 4.90 Å². The number of anilines is 3. The van der Waals surface area contributed by atoms with Gasteiger partial charge in [-0.3, -0.25) is 0 Å². The van der Waals surface area contributed by atoms with E-state index in [1.807, 2.05) is 0 Å². The van der Waals surface area contributed by atoms with Crippen LogP contribution in [0.4, 0.5) is 17.1 Å². The van der Waals surface area contributed by atoms with Crippen LogP contribution in [0.5, 0.6) is 0 Å². The van der Waals surface area contributed by atoms with E-state index in [9.17, 15) is 0 Å². The molecule has 0 spiro atoms. The molecule has 0 aliphatic rings. The molecule has 0 bridgehead atoms. The molecule has 0 radical (unpaired) electrons. The fourth-order valence-electron chi connectivity index (χ4n) is 3.35. The minimum absolute atomic E-state index is 1.06. The molecule has 0 aromatic heterocycles. The van der Waals surface area contributed by atoms with Crippen LogP contribution in [0.15, 0.2) is 115 Å². The lowest BCUT2D eigenvalue weighted by molar-refractivity contribution is 0.960. The highest BCUT2D eigenvalue weighted by molar-refractivity contribution is 5.76. The lowest BCUT2D eigenvalue weighted by Crippen LogP contribution is -2.09. The molecular formula is C26H23N. The van der Waals surface area contributed by atoms with Gasteiger partial charge in [0.15, 0.2) is 0 Å². The Bertz CT molecular complexity index is 906. The fourth-order valence-corrected chi connectivity index (χ4v) is 3.35. The van der Waals surface area contributed by atoms with E-state index in [-0.39, 0.29) is 0 Å². The van der Waals surface area contributed by atoms with Gasteiger partial charge >= 0.3 is 0 Å². The first-order chi connectivity index (χ1) is 13.4. The van der Waals surface area contributed by atoms with E-state index in [0.29, 0.717) is 0 Å². The van der Waals surface area contributed by atoms with Crippen molar-refractivity contribution in [1.82, 2.24) is 0 Å². The third-order valence-electron chi connectivity index (χ3n) is 4.77. The van der Waals surface area contributed by atoms with E-state index in [2.05, 4.69) is 120 Å². The van der Waals surface area contributed by atoms with Crippen LogP contribution >= 0.6 is 0 Å². The number of para-hydroxylation sites is 2. The normalized spacial score (nSPS) is 10.5. The summed E-state index contributed by atoms with van der Waals surface area (Å²) in [4.78, 5) is 2.29. The second-order valence-electron chi connectivity index (χ2n) is 6.66. The second-order valence-corrected chi connectivity index (χ2v) is 6.66. The minimum atomic E-state index is 1.06. The maximum Gasteiger partial charge on any atom is 0.0461 e. The van der Waals surface area contributed by atoms with Gasteiger partial charge in [0.2, 0.25) is 0 Å². The van der Waals surface area contributed by atoms with Gasteiger partial charge in [-0.25, -0.2) is 0 Å². The molecule has 4 aromatic carbocycles. The van der Waals surface area contributed by atoms with Gasteiger partial charge in [-0.2, -0.15) is 0 Å². The van der Waals surface area contributed by atoms with Gasteiger partial charge in [0.05, 0.1) is 0 Å². The highest BCUT2D eigenvalue weighted by Gasteiger charge is 2.11. The van der Waals surface area contributed by atoms with Crippen molar-refractivity contribution in [2.45, 2.75) is 12.8 Å². The Morgan fingerprint density at radius 2 is 0.741 bits per heavy atom. The van der Waals surface area contributed by atoms with Crippen LogP contribution < -0.4 is 4.90 Å². The summed E-state index contributed by atoms with van der Waals surface area (Å²) in [5.41, 5.74) is 6.26. The summed E-state index contributed by atoms with van der Waals surface area (Å²) >= 11 is 0. The Hall–Kier alpha value is -3.32. The van der Waals surface area contributed by atoms with Crippen molar-refractivity contribution >= 4 is 17.1 Å². The Kier molecular flexibility index (Phi) is 5.31. The first-order valence-electron chi connectivity index (χ1n) is 9.43. The quantitative estimate of drug-likeness (QED) is 0.364. The van der Waals surface area contributed by atoms with Crippen LogP contribution in [0.1, 0.15) is 11.1 Å². The number of hydrogen-bond acceptors (Lipinski definition) is 1. The fraction of sp³-hybridized carbons (Fsp3) is 0.0769. The number of hydrogen-bond donors (Lipinski definition) is 0. The van der Waals surface area contributed by atoms with Crippen molar-refractivity contribution in [2.24, 2.45) is 0 Å². The van der Waals surface area contributed by atoms with Crippen LogP contribution in [0.25, 0.3) is 0 Å². The van der Waals surface area contributed by atoms with Crippen LogP contribution in [0.2, 0.25) is 0 Å². The zero-order chi connectivity index (χ0) is 18.3. The van der Waals surface area contributed by atoms with Crippen LogP contribution in [0, 0.1) is 0 Å². The van der Waals surface area contributed by atoms with Crippen LogP contribution in [-0.4, -0.2) is 0 Å². The molecule has 0 saturated heterocycles. The maximum absolute atomic E-state index is 2.29. The Morgan fingerprint density at radius 1 is 0.370 bits per heavy atom. The summed E-state index contributed by atoms with van der Waals surface area (Å²) in [5, 5.41) is 0. The summed E-state index contributed by atoms with van der Waals surface area (Å²) in [6.45, 7) is 0. The summed E-state index contributed by atoms with van der Waals surface area (Å²) in [6.07, 6.45) is 2.13. The lowest BCUT2D eigenvalue weighted by atomic mass is 10.0. The van der Waals surface area contributed by atoms with Gasteiger partial charge < -0.3 is 4.90 Å². The second kappa shape index (κ2) is 8.37.